The van der Waals surface area contributed by atoms with Gasteiger partial charge in [0.05, 0.1) is 27.9 Å². The number of carbonyl (C=O) groups is 1. The van der Waals surface area contributed by atoms with Gasteiger partial charge in [-0.2, -0.15) is 5.26 Å². The lowest BCUT2D eigenvalue weighted by molar-refractivity contribution is 0.0468. The summed E-state index contributed by atoms with van der Waals surface area (Å²) >= 11 is 3.20. The molecule has 130 valence electrons. The van der Waals surface area contributed by atoms with Gasteiger partial charge in [-0.05, 0) is 36.8 Å². The molecule has 0 atom stereocenters. The van der Waals surface area contributed by atoms with E-state index in [9.17, 15) is 4.79 Å². The number of aromatic nitrogens is 1. The van der Waals surface area contributed by atoms with Crippen molar-refractivity contribution in [2.75, 3.05) is 0 Å². The van der Waals surface area contributed by atoms with Gasteiger partial charge >= 0.3 is 5.97 Å². The van der Waals surface area contributed by atoms with E-state index < -0.39 is 0 Å². The zero-order chi connectivity index (χ0) is 18.4. The molecule has 0 spiro atoms. The van der Waals surface area contributed by atoms with Gasteiger partial charge in [0.2, 0.25) is 0 Å². The van der Waals surface area contributed by atoms with E-state index in [1.54, 1.807) is 53.4 Å². The SMILES string of the molecule is Cc1nc(CSc2ccccc2C(=O)OCc2ccc(C#N)cc2)cs1. The van der Waals surface area contributed by atoms with Gasteiger partial charge in [-0.15, -0.1) is 23.1 Å². The lowest BCUT2D eigenvalue weighted by Crippen LogP contribution is -2.06. The standard InChI is InChI=1S/C20H16N2O2S2/c1-14-22-17(12-25-14)13-26-19-5-3-2-4-18(19)20(23)24-11-16-8-6-15(10-21)7-9-16/h2-9,12H,11,13H2,1H3. The number of nitriles is 1. The Hall–Kier alpha value is -2.62. The van der Waals surface area contributed by atoms with Crippen LogP contribution in [0.25, 0.3) is 0 Å². The fraction of sp³-hybridized carbons (Fsp3) is 0.150. The van der Waals surface area contributed by atoms with Crippen molar-refractivity contribution < 1.29 is 9.53 Å². The summed E-state index contributed by atoms with van der Waals surface area (Å²) < 4.78 is 5.44. The van der Waals surface area contributed by atoms with E-state index in [0.717, 1.165) is 21.2 Å². The van der Waals surface area contributed by atoms with Crippen LogP contribution in [0.2, 0.25) is 0 Å². The largest absolute Gasteiger partial charge is 0.457 e. The molecule has 0 saturated heterocycles. The maximum atomic E-state index is 12.5. The summed E-state index contributed by atoms with van der Waals surface area (Å²) in [7, 11) is 0. The fourth-order valence-electron chi connectivity index (χ4n) is 2.29. The van der Waals surface area contributed by atoms with Crippen molar-refractivity contribution in [2.45, 2.75) is 24.2 Å². The minimum atomic E-state index is -0.355. The second-order valence-electron chi connectivity index (χ2n) is 5.53. The molecule has 0 aliphatic heterocycles. The van der Waals surface area contributed by atoms with Crippen LogP contribution in [0.15, 0.2) is 58.8 Å². The topological polar surface area (TPSA) is 63.0 Å². The molecule has 2 aromatic carbocycles. The average Bonchev–Trinajstić information content (AvgIpc) is 3.10. The number of nitrogens with zero attached hydrogens (tertiary/aromatic N) is 2. The van der Waals surface area contributed by atoms with Gasteiger partial charge in [0.25, 0.3) is 0 Å². The predicted octanol–water partition coefficient (Wildman–Crippen LogP) is 4.97. The Morgan fingerprint density at radius 2 is 2.00 bits per heavy atom. The summed E-state index contributed by atoms with van der Waals surface area (Å²) in [6, 6.07) is 16.5. The normalized spacial score (nSPS) is 10.3. The number of carbonyl (C=O) groups excluding carboxylic acids is 1. The number of ether oxygens (including phenoxy) is 1. The summed E-state index contributed by atoms with van der Waals surface area (Å²) in [5.74, 6) is 0.358. The summed E-state index contributed by atoms with van der Waals surface area (Å²) in [4.78, 5) is 17.8. The minimum Gasteiger partial charge on any atom is -0.457 e. The lowest BCUT2D eigenvalue weighted by atomic mass is 10.1. The predicted molar refractivity (Wildman–Crippen MR) is 103 cm³/mol. The molecule has 0 aliphatic rings. The average molecular weight is 380 g/mol. The molecule has 3 rings (SSSR count). The molecule has 0 N–H and O–H groups in total. The van der Waals surface area contributed by atoms with Gasteiger partial charge in [0.15, 0.2) is 0 Å². The highest BCUT2D eigenvalue weighted by Gasteiger charge is 2.13. The molecule has 3 aromatic rings. The number of thioether (sulfide) groups is 1. The number of benzene rings is 2. The van der Waals surface area contributed by atoms with Crippen LogP contribution in [0.5, 0.6) is 0 Å². The Bertz CT molecular complexity index is 943. The third kappa shape index (κ3) is 4.72. The Morgan fingerprint density at radius 1 is 1.23 bits per heavy atom. The van der Waals surface area contributed by atoms with Crippen molar-refractivity contribution in [1.29, 1.82) is 5.26 Å². The van der Waals surface area contributed by atoms with E-state index in [1.807, 2.05) is 30.5 Å². The first-order chi connectivity index (χ1) is 12.7. The molecule has 0 aliphatic carbocycles. The number of thiazole rings is 1. The monoisotopic (exact) mass is 380 g/mol. The van der Waals surface area contributed by atoms with E-state index in [-0.39, 0.29) is 12.6 Å². The van der Waals surface area contributed by atoms with Crippen LogP contribution in [0.3, 0.4) is 0 Å². The fourth-order valence-corrected chi connectivity index (χ4v) is 3.94. The first kappa shape index (κ1) is 18.2. The quantitative estimate of drug-likeness (QED) is 0.446. The van der Waals surface area contributed by atoms with Gasteiger partial charge < -0.3 is 4.74 Å². The maximum Gasteiger partial charge on any atom is 0.339 e. The zero-order valence-electron chi connectivity index (χ0n) is 14.1. The van der Waals surface area contributed by atoms with Crippen molar-refractivity contribution in [2.24, 2.45) is 0 Å². The Morgan fingerprint density at radius 3 is 2.69 bits per heavy atom. The van der Waals surface area contributed by atoms with Crippen LogP contribution in [0, 0.1) is 18.3 Å². The Labute approximate surface area is 160 Å². The van der Waals surface area contributed by atoms with Gasteiger partial charge in [-0.1, -0.05) is 24.3 Å². The molecule has 0 saturated carbocycles. The Kier molecular flexibility index (Phi) is 6.05. The van der Waals surface area contributed by atoms with E-state index >= 15 is 0 Å². The maximum absolute atomic E-state index is 12.5. The van der Waals surface area contributed by atoms with E-state index in [1.165, 1.54) is 0 Å². The van der Waals surface area contributed by atoms with Crippen LogP contribution < -0.4 is 0 Å². The highest BCUT2D eigenvalue weighted by atomic mass is 32.2. The van der Waals surface area contributed by atoms with Crippen LogP contribution in [0.4, 0.5) is 0 Å². The molecule has 1 heterocycles. The molecular weight excluding hydrogens is 364 g/mol. The highest BCUT2D eigenvalue weighted by molar-refractivity contribution is 7.98. The van der Waals surface area contributed by atoms with Gasteiger partial charge in [-0.3, -0.25) is 0 Å². The first-order valence-electron chi connectivity index (χ1n) is 7.94. The number of hydrogen-bond acceptors (Lipinski definition) is 6. The molecule has 4 nitrogen and oxygen atoms in total. The third-order valence-electron chi connectivity index (χ3n) is 3.60. The second kappa shape index (κ2) is 8.65. The van der Waals surface area contributed by atoms with Crippen molar-refractivity contribution in [3.63, 3.8) is 0 Å². The second-order valence-corrected chi connectivity index (χ2v) is 7.61. The molecule has 0 fully saturated rings. The van der Waals surface area contributed by atoms with Crippen molar-refractivity contribution in [3.05, 3.63) is 81.3 Å². The van der Waals surface area contributed by atoms with Gasteiger partial charge in [0.1, 0.15) is 6.61 Å². The molecule has 6 heteroatoms. The van der Waals surface area contributed by atoms with Crippen LogP contribution >= 0.6 is 23.1 Å². The Balaban J connectivity index is 1.64. The number of hydrogen-bond donors (Lipinski definition) is 0. The lowest BCUT2D eigenvalue weighted by Gasteiger charge is -2.09. The van der Waals surface area contributed by atoms with Crippen molar-refractivity contribution in [3.8, 4) is 6.07 Å². The van der Waals surface area contributed by atoms with Crippen LogP contribution in [-0.2, 0) is 17.1 Å². The number of rotatable bonds is 6. The summed E-state index contributed by atoms with van der Waals surface area (Å²) in [5, 5.41) is 11.9. The van der Waals surface area contributed by atoms with Crippen molar-refractivity contribution in [1.82, 2.24) is 4.98 Å². The third-order valence-corrected chi connectivity index (χ3v) is 5.53. The molecular formula is C20H16N2O2S2. The zero-order valence-corrected chi connectivity index (χ0v) is 15.8. The summed E-state index contributed by atoms with van der Waals surface area (Å²) in [5.41, 5.74) is 3.00. The molecule has 1 aromatic heterocycles. The van der Waals surface area contributed by atoms with Gasteiger partial charge in [0, 0.05) is 16.0 Å². The number of aryl methyl sites for hydroxylation is 1. The first-order valence-corrected chi connectivity index (χ1v) is 9.81. The van der Waals surface area contributed by atoms with Crippen LogP contribution in [0.1, 0.15) is 32.2 Å². The van der Waals surface area contributed by atoms with E-state index in [2.05, 4.69) is 11.1 Å². The summed E-state index contributed by atoms with van der Waals surface area (Å²) in [6.45, 7) is 2.15. The van der Waals surface area contributed by atoms with E-state index in [0.29, 0.717) is 16.9 Å². The summed E-state index contributed by atoms with van der Waals surface area (Å²) in [6.07, 6.45) is 0. The van der Waals surface area contributed by atoms with Crippen molar-refractivity contribution >= 4 is 29.1 Å². The number of esters is 1. The molecule has 26 heavy (non-hydrogen) atoms. The smallest absolute Gasteiger partial charge is 0.339 e. The van der Waals surface area contributed by atoms with Gasteiger partial charge in [-0.25, -0.2) is 9.78 Å². The molecule has 0 radical (unpaired) electrons. The minimum absolute atomic E-state index is 0.175. The van der Waals surface area contributed by atoms with Crippen LogP contribution in [-0.4, -0.2) is 11.0 Å². The molecule has 0 amide bonds. The molecule has 0 unspecified atom stereocenters. The highest BCUT2D eigenvalue weighted by Crippen LogP contribution is 2.27. The molecule has 0 bridgehead atoms. The van der Waals surface area contributed by atoms with E-state index in [4.69, 9.17) is 10.00 Å².